The molecule has 9 nitrogen and oxygen atoms in total. The number of hydrogen-bond acceptors (Lipinski definition) is 6. The second kappa shape index (κ2) is 11.2. The highest BCUT2D eigenvalue weighted by molar-refractivity contribution is 5.97. The van der Waals surface area contributed by atoms with E-state index in [4.69, 9.17) is 5.10 Å². The highest BCUT2D eigenvalue weighted by Gasteiger charge is 2.50. The van der Waals surface area contributed by atoms with Gasteiger partial charge in [-0.3, -0.25) is 9.59 Å². The lowest BCUT2D eigenvalue weighted by atomic mass is 9.80. The van der Waals surface area contributed by atoms with Crippen LogP contribution in [0.5, 0.6) is 0 Å². The van der Waals surface area contributed by atoms with E-state index in [0.717, 1.165) is 6.07 Å². The zero-order valence-corrected chi connectivity index (χ0v) is 23.9. The van der Waals surface area contributed by atoms with Gasteiger partial charge in [-0.15, -0.1) is 0 Å². The van der Waals surface area contributed by atoms with Crippen LogP contribution in [0.15, 0.2) is 67.3 Å². The van der Waals surface area contributed by atoms with Gasteiger partial charge in [-0.25, -0.2) is 32.6 Å². The Morgan fingerprint density at radius 3 is 2.42 bits per heavy atom. The molecule has 1 saturated heterocycles. The summed E-state index contributed by atoms with van der Waals surface area (Å²) in [6.45, 7) is 0.865. The van der Waals surface area contributed by atoms with Gasteiger partial charge in [-0.1, -0.05) is 0 Å². The molecule has 5 heterocycles. The van der Waals surface area contributed by atoms with Crippen molar-refractivity contribution in [2.45, 2.75) is 44.1 Å². The summed E-state index contributed by atoms with van der Waals surface area (Å²) in [4.78, 5) is 39.9. The van der Waals surface area contributed by atoms with Gasteiger partial charge in [0.1, 0.15) is 11.5 Å². The van der Waals surface area contributed by atoms with Gasteiger partial charge in [0.2, 0.25) is 17.8 Å². The number of amides is 1. The molecule has 0 spiro atoms. The molecule has 230 valence electrons. The first kappa shape index (κ1) is 28.8. The Bertz CT molecular complexity index is 1900. The molecule has 45 heavy (non-hydrogen) atoms. The molecule has 0 unspecified atom stereocenters. The van der Waals surface area contributed by atoms with E-state index in [0.29, 0.717) is 59.9 Å². The molecule has 1 amide bonds. The predicted octanol–water partition coefficient (Wildman–Crippen LogP) is 5.57. The number of alkyl halides is 2. The average molecular weight is 618 g/mol. The molecule has 1 aromatic carbocycles. The quantitative estimate of drug-likeness (QED) is 0.135. The SMILES string of the molecule is O=C(Cc1cn2nc(-c3c(-c4ccc(F)cc4)ncn3C3CCN(C(=O)C4CC(F)(F)C4)CC3)ccc2n1)c1ccnc(F)c1. The third-order valence-corrected chi connectivity index (χ3v) is 8.52. The number of carbonyl (C=O) groups is 2. The Morgan fingerprint density at radius 1 is 0.956 bits per heavy atom. The molecule has 7 rings (SSSR count). The van der Waals surface area contributed by atoms with Gasteiger partial charge < -0.3 is 9.47 Å². The standard InChI is InChI=1S/C32H27F4N7O2/c33-22-3-1-19(2-4-22)29-30(42(18-38-29)24-8-11-41(12-9-24)31(45)21-15-32(35,36)16-21)25-5-6-28-39-23(17-43(28)40-25)14-26(44)20-7-10-37-27(34)13-20/h1-7,10,13,17-18,21,24H,8-9,11-12,14-16H2. The third-order valence-electron chi connectivity index (χ3n) is 8.52. The number of rotatable bonds is 7. The van der Waals surface area contributed by atoms with Crippen LogP contribution in [0.1, 0.15) is 47.8 Å². The first-order chi connectivity index (χ1) is 21.6. The highest BCUT2D eigenvalue weighted by atomic mass is 19.3. The van der Waals surface area contributed by atoms with E-state index >= 15 is 0 Å². The lowest BCUT2D eigenvalue weighted by molar-refractivity contribution is -0.160. The normalized spacial score (nSPS) is 17.0. The molecule has 13 heteroatoms. The van der Waals surface area contributed by atoms with Gasteiger partial charge in [0, 0.05) is 61.3 Å². The molecule has 0 N–H and O–H groups in total. The number of piperidine rings is 1. The van der Waals surface area contributed by atoms with Crippen LogP contribution in [0.3, 0.4) is 0 Å². The zero-order chi connectivity index (χ0) is 31.3. The summed E-state index contributed by atoms with van der Waals surface area (Å²) in [5.41, 5.74) is 3.67. The van der Waals surface area contributed by atoms with Crippen LogP contribution in [-0.2, 0) is 11.2 Å². The predicted molar refractivity (Wildman–Crippen MR) is 154 cm³/mol. The zero-order valence-electron chi connectivity index (χ0n) is 23.9. The summed E-state index contributed by atoms with van der Waals surface area (Å²) >= 11 is 0. The van der Waals surface area contributed by atoms with Gasteiger partial charge in [-0.2, -0.15) is 9.49 Å². The number of nitrogens with zero attached hydrogens (tertiary/aromatic N) is 7. The molecule has 1 aliphatic heterocycles. The fourth-order valence-corrected chi connectivity index (χ4v) is 6.15. The summed E-state index contributed by atoms with van der Waals surface area (Å²) in [6, 6.07) is 12.0. The number of fused-ring (bicyclic) bond motifs is 1. The van der Waals surface area contributed by atoms with Crippen LogP contribution < -0.4 is 0 Å². The van der Waals surface area contributed by atoms with Crippen LogP contribution in [0.2, 0.25) is 0 Å². The fourth-order valence-electron chi connectivity index (χ4n) is 6.15. The Balaban J connectivity index is 1.17. The third kappa shape index (κ3) is 5.69. The van der Waals surface area contributed by atoms with Gasteiger partial charge >= 0.3 is 0 Å². The first-order valence-electron chi connectivity index (χ1n) is 14.6. The molecule has 2 aliphatic rings. The van der Waals surface area contributed by atoms with E-state index in [2.05, 4.69) is 15.0 Å². The van der Waals surface area contributed by atoms with Crippen molar-refractivity contribution in [1.82, 2.24) is 34.0 Å². The van der Waals surface area contributed by atoms with Crippen molar-refractivity contribution in [2.75, 3.05) is 13.1 Å². The first-order valence-corrected chi connectivity index (χ1v) is 14.6. The largest absolute Gasteiger partial charge is 0.342 e. The molecular formula is C32H27F4N7O2. The number of pyridine rings is 1. The minimum absolute atomic E-state index is 0.0530. The molecule has 1 saturated carbocycles. The maximum Gasteiger partial charge on any atom is 0.249 e. The summed E-state index contributed by atoms with van der Waals surface area (Å²) in [5, 5.41) is 4.79. The number of imidazole rings is 2. The Morgan fingerprint density at radius 2 is 1.71 bits per heavy atom. The molecule has 2 fully saturated rings. The number of carbonyl (C=O) groups excluding carboxylic acids is 2. The van der Waals surface area contributed by atoms with E-state index in [-0.39, 0.29) is 48.4 Å². The molecule has 4 aromatic heterocycles. The number of hydrogen-bond donors (Lipinski definition) is 0. The highest BCUT2D eigenvalue weighted by Crippen LogP contribution is 2.44. The van der Waals surface area contributed by atoms with Crippen LogP contribution in [0.4, 0.5) is 17.6 Å². The second-order valence-electron chi connectivity index (χ2n) is 11.6. The van der Waals surface area contributed by atoms with Gasteiger partial charge in [-0.05, 0) is 55.3 Å². The average Bonchev–Trinajstić information content (AvgIpc) is 3.63. The topological polar surface area (TPSA) is 98.3 Å². The van der Waals surface area contributed by atoms with Gasteiger partial charge in [0.25, 0.3) is 0 Å². The molecule has 0 atom stereocenters. The Labute approximate surface area is 254 Å². The monoisotopic (exact) mass is 617 g/mol. The van der Waals surface area contributed by atoms with Crippen molar-refractivity contribution in [3.8, 4) is 22.6 Å². The van der Waals surface area contributed by atoms with Gasteiger partial charge in [0.15, 0.2) is 11.4 Å². The molecule has 5 aromatic rings. The van der Waals surface area contributed by atoms with Crippen molar-refractivity contribution in [3.05, 3.63) is 90.3 Å². The number of aromatic nitrogens is 6. The van der Waals surface area contributed by atoms with E-state index in [1.54, 1.807) is 46.2 Å². The fraction of sp³-hybridized carbons (Fsp3) is 0.312. The van der Waals surface area contributed by atoms with Crippen molar-refractivity contribution in [1.29, 1.82) is 0 Å². The summed E-state index contributed by atoms with van der Waals surface area (Å²) < 4.78 is 57.6. The van der Waals surface area contributed by atoms with Crippen molar-refractivity contribution in [3.63, 3.8) is 0 Å². The van der Waals surface area contributed by atoms with Crippen molar-refractivity contribution >= 4 is 17.3 Å². The number of ketones is 1. The summed E-state index contributed by atoms with van der Waals surface area (Å²) in [5.74, 6) is -5.02. The summed E-state index contributed by atoms with van der Waals surface area (Å²) in [6.07, 6.45) is 4.93. The molecule has 1 aliphatic carbocycles. The number of Topliss-reactive ketones (excluding diaryl/α,β-unsaturated/α-hetero) is 1. The molecule has 0 bridgehead atoms. The smallest absolute Gasteiger partial charge is 0.249 e. The minimum atomic E-state index is -2.75. The number of likely N-dealkylation sites (tertiary alicyclic amines) is 1. The van der Waals surface area contributed by atoms with E-state index in [9.17, 15) is 27.2 Å². The van der Waals surface area contributed by atoms with Crippen molar-refractivity contribution in [2.24, 2.45) is 5.92 Å². The lowest BCUT2D eigenvalue weighted by Crippen LogP contribution is -2.49. The lowest BCUT2D eigenvalue weighted by Gasteiger charge is -2.40. The Kier molecular flexibility index (Phi) is 7.17. The van der Waals surface area contributed by atoms with Gasteiger partial charge in [0.05, 0.1) is 36.0 Å². The molecule has 0 radical (unpaired) electrons. The van der Waals surface area contributed by atoms with Crippen LogP contribution in [0, 0.1) is 17.7 Å². The maximum absolute atomic E-state index is 13.8. The summed E-state index contributed by atoms with van der Waals surface area (Å²) in [7, 11) is 0. The maximum atomic E-state index is 13.8. The second-order valence-corrected chi connectivity index (χ2v) is 11.6. The van der Waals surface area contributed by atoms with E-state index in [1.165, 1.54) is 24.4 Å². The van der Waals surface area contributed by atoms with E-state index < -0.39 is 17.8 Å². The van der Waals surface area contributed by atoms with E-state index in [1.807, 2.05) is 4.57 Å². The number of benzene rings is 1. The Hall–Kier alpha value is -4.94. The molecular weight excluding hydrogens is 590 g/mol. The van der Waals surface area contributed by atoms with Crippen LogP contribution >= 0.6 is 0 Å². The number of halogens is 4. The minimum Gasteiger partial charge on any atom is -0.342 e. The van der Waals surface area contributed by atoms with Crippen LogP contribution in [-0.4, -0.2) is 64.7 Å². The van der Waals surface area contributed by atoms with Crippen LogP contribution in [0.25, 0.3) is 28.3 Å². The van der Waals surface area contributed by atoms with Crippen molar-refractivity contribution < 1.29 is 27.2 Å².